The second kappa shape index (κ2) is 1.90. The molecule has 1 aliphatic carbocycles. The second-order valence-corrected chi connectivity index (χ2v) is 2.92. The van der Waals surface area contributed by atoms with Crippen LogP contribution in [-0.4, -0.2) is 17.1 Å². The third kappa shape index (κ3) is 1.06. The molecule has 1 aliphatic rings. The van der Waals surface area contributed by atoms with Gasteiger partial charge in [-0.05, 0) is 18.8 Å². The first kappa shape index (κ1) is 6.93. The monoisotopic (exact) mass is 136 g/mol. The molecule has 1 fully saturated rings. The van der Waals surface area contributed by atoms with Gasteiger partial charge in [0.15, 0.2) is 0 Å². The molecule has 0 aliphatic heterocycles. The topological polar surface area (TPSA) is 20.2 Å². The fourth-order valence-electron chi connectivity index (χ4n) is 1.33. The van der Waals surface area contributed by atoms with Crippen LogP contribution in [0.25, 0.3) is 0 Å². The first-order valence-electron chi connectivity index (χ1n) is 3.05. The molecule has 0 aromatic heterocycles. The van der Waals surface area contributed by atoms with Crippen LogP contribution < -0.4 is 0 Å². The van der Waals surface area contributed by atoms with Crippen LogP contribution in [0.5, 0.6) is 0 Å². The Hall–Kier alpha value is -0.180. The average molecular weight is 136 g/mol. The van der Waals surface area contributed by atoms with E-state index in [9.17, 15) is 8.78 Å². The molecule has 1 saturated carbocycles. The van der Waals surface area contributed by atoms with Crippen molar-refractivity contribution in [1.82, 2.24) is 0 Å². The van der Waals surface area contributed by atoms with Gasteiger partial charge in [0.2, 0.25) is 0 Å². The molecule has 1 nitrogen and oxygen atoms in total. The smallest absolute Gasteiger partial charge is 0.266 e. The van der Waals surface area contributed by atoms with Crippen LogP contribution >= 0.6 is 0 Å². The SMILES string of the molecule is CC1CC(O)(C(F)F)C1. The maximum absolute atomic E-state index is 11.8. The summed E-state index contributed by atoms with van der Waals surface area (Å²) in [4.78, 5) is 0. The van der Waals surface area contributed by atoms with Crippen LogP contribution in [0, 0.1) is 5.92 Å². The molecule has 54 valence electrons. The molecule has 0 saturated heterocycles. The van der Waals surface area contributed by atoms with E-state index in [4.69, 9.17) is 5.11 Å². The van der Waals surface area contributed by atoms with Crippen molar-refractivity contribution in [3.8, 4) is 0 Å². The van der Waals surface area contributed by atoms with Crippen LogP contribution in [0.1, 0.15) is 19.8 Å². The van der Waals surface area contributed by atoms with Crippen molar-refractivity contribution in [2.45, 2.75) is 31.8 Å². The molecule has 0 radical (unpaired) electrons. The number of hydrogen-bond donors (Lipinski definition) is 1. The molecule has 9 heavy (non-hydrogen) atoms. The molecule has 0 bridgehead atoms. The Labute approximate surface area is 52.7 Å². The Kier molecular flexibility index (Phi) is 1.47. The highest BCUT2D eigenvalue weighted by molar-refractivity contribution is 4.93. The van der Waals surface area contributed by atoms with Gasteiger partial charge in [-0.25, -0.2) is 8.78 Å². The van der Waals surface area contributed by atoms with Crippen LogP contribution in [0.4, 0.5) is 8.78 Å². The molecule has 0 amide bonds. The summed E-state index contributed by atoms with van der Waals surface area (Å²) in [5, 5.41) is 8.91. The van der Waals surface area contributed by atoms with E-state index in [0.717, 1.165) is 0 Å². The first-order valence-corrected chi connectivity index (χ1v) is 3.05. The van der Waals surface area contributed by atoms with Gasteiger partial charge >= 0.3 is 0 Å². The van der Waals surface area contributed by atoms with Gasteiger partial charge in [-0.2, -0.15) is 0 Å². The number of halogens is 2. The largest absolute Gasteiger partial charge is 0.384 e. The van der Waals surface area contributed by atoms with E-state index in [1.165, 1.54) is 0 Å². The van der Waals surface area contributed by atoms with Crippen LogP contribution in [0.15, 0.2) is 0 Å². The van der Waals surface area contributed by atoms with Crippen molar-refractivity contribution < 1.29 is 13.9 Å². The lowest BCUT2D eigenvalue weighted by molar-refractivity contribution is -0.164. The molecule has 0 spiro atoms. The van der Waals surface area contributed by atoms with E-state index in [2.05, 4.69) is 0 Å². The number of rotatable bonds is 1. The fourth-order valence-corrected chi connectivity index (χ4v) is 1.33. The van der Waals surface area contributed by atoms with E-state index >= 15 is 0 Å². The summed E-state index contributed by atoms with van der Waals surface area (Å²) in [5.74, 6) is 0.268. The highest BCUT2D eigenvalue weighted by Crippen LogP contribution is 2.41. The average Bonchev–Trinajstić information content (AvgIpc) is 1.62. The van der Waals surface area contributed by atoms with Crippen molar-refractivity contribution in [2.75, 3.05) is 0 Å². The Bertz CT molecular complexity index is 108. The molecule has 1 rings (SSSR count). The summed E-state index contributed by atoms with van der Waals surface area (Å²) >= 11 is 0. The van der Waals surface area contributed by atoms with E-state index in [-0.39, 0.29) is 18.8 Å². The lowest BCUT2D eigenvalue weighted by Crippen LogP contribution is -2.48. The minimum Gasteiger partial charge on any atom is -0.384 e. The molecule has 1 N–H and O–H groups in total. The van der Waals surface area contributed by atoms with Crippen molar-refractivity contribution >= 4 is 0 Å². The third-order valence-corrected chi connectivity index (χ3v) is 1.81. The van der Waals surface area contributed by atoms with Crippen LogP contribution in [-0.2, 0) is 0 Å². The van der Waals surface area contributed by atoms with Gasteiger partial charge in [0.25, 0.3) is 6.43 Å². The van der Waals surface area contributed by atoms with Gasteiger partial charge in [-0.1, -0.05) is 6.92 Å². The summed E-state index contributed by atoms with van der Waals surface area (Å²) in [6, 6.07) is 0. The van der Waals surface area contributed by atoms with Crippen molar-refractivity contribution in [3.63, 3.8) is 0 Å². The van der Waals surface area contributed by atoms with E-state index in [1.54, 1.807) is 0 Å². The molecule has 0 aromatic rings. The van der Waals surface area contributed by atoms with Crippen molar-refractivity contribution in [3.05, 3.63) is 0 Å². The minimum absolute atomic E-state index is 0.255. The summed E-state index contributed by atoms with van der Waals surface area (Å²) in [7, 11) is 0. The number of aliphatic hydroxyl groups is 1. The zero-order chi connectivity index (χ0) is 7.07. The Morgan fingerprint density at radius 3 is 2.11 bits per heavy atom. The van der Waals surface area contributed by atoms with Gasteiger partial charge < -0.3 is 5.11 Å². The Morgan fingerprint density at radius 1 is 1.56 bits per heavy atom. The van der Waals surface area contributed by atoms with Gasteiger partial charge in [-0.3, -0.25) is 0 Å². The molecule has 3 heteroatoms. The molecule has 0 unspecified atom stereocenters. The zero-order valence-corrected chi connectivity index (χ0v) is 5.27. The third-order valence-electron chi connectivity index (χ3n) is 1.81. The van der Waals surface area contributed by atoms with E-state index in [1.807, 2.05) is 6.92 Å². The quantitative estimate of drug-likeness (QED) is 0.577. The van der Waals surface area contributed by atoms with E-state index in [0.29, 0.717) is 0 Å². The highest BCUT2D eigenvalue weighted by atomic mass is 19.3. The van der Waals surface area contributed by atoms with Crippen LogP contribution in [0.3, 0.4) is 0 Å². The highest BCUT2D eigenvalue weighted by Gasteiger charge is 2.47. The van der Waals surface area contributed by atoms with Crippen molar-refractivity contribution in [2.24, 2.45) is 5.92 Å². The standard InChI is InChI=1S/C6H10F2O/c1-4-2-6(9,3-4)5(7)8/h4-5,9H,2-3H2,1H3. The zero-order valence-electron chi connectivity index (χ0n) is 5.27. The predicted molar refractivity (Wildman–Crippen MR) is 29.4 cm³/mol. The Balaban J connectivity index is 2.40. The van der Waals surface area contributed by atoms with Gasteiger partial charge in [-0.15, -0.1) is 0 Å². The normalized spacial score (nSPS) is 43.0. The minimum atomic E-state index is -2.56. The summed E-state index contributed by atoms with van der Waals surface area (Å²) < 4.78 is 23.6. The Morgan fingerprint density at radius 2 is 2.00 bits per heavy atom. The predicted octanol–water partition coefficient (Wildman–Crippen LogP) is 1.41. The van der Waals surface area contributed by atoms with Crippen LogP contribution in [0.2, 0.25) is 0 Å². The van der Waals surface area contributed by atoms with Gasteiger partial charge in [0.05, 0.1) is 0 Å². The fraction of sp³-hybridized carbons (Fsp3) is 1.00. The maximum atomic E-state index is 11.8. The summed E-state index contributed by atoms with van der Waals surface area (Å²) in [5.41, 5.74) is -1.64. The van der Waals surface area contributed by atoms with E-state index < -0.39 is 12.0 Å². The number of alkyl halides is 2. The molecule has 0 aromatic carbocycles. The van der Waals surface area contributed by atoms with Crippen molar-refractivity contribution in [1.29, 1.82) is 0 Å². The number of hydrogen-bond acceptors (Lipinski definition) is 1. The summed E-state index contributed by atoms with van der Waals surface area (Å²) in [6.45, 7) is 1.86. The molecular weight excluding hydrogens is 126 g/mol. The second-order valence-electron chi connectivity index (χ2n) is 2.92. The van der Waals surface area contributed by atoms with Gasteiger partial charge in [0.1, 0.15) is 5.60 Å². The summed E-state index contributed by atoms with van der Waals surface area (Å²) in [6.07, 6.45) is -2.05. The lowest BCUT2D eigenvalue weighted by Gasteiger charge is -2.40. The van der Waals surface area contributed by atoms with Gasteiger partial charge in [0, 0.05) is 0 Å². The molecule has 0 atom stereocenters. The maximum Gasteiger partial charge on any atom is 0.266 e. The molecular formula is C6H10F2O. The molecule has 0 heterocycles. The lowest BCUT2D eigenvalue weighted by atomic mass is 9.72. The first-order chi connectivity index (χ1) is 4.04.